The van der Waals surface area contributed by atoms with Gasteiger partial charge in [0.2, 0.25) is 5.91 Å². The van der Waals surface area contributed by atoms with E-state index in [-0.39, 0.29) is 18.2 Å². The highest BCUT2D eigenvalue weighted by atomic mass is 16.5. The van der Waals surface area contributed by atoms with Crippen LogP contribution in [0.3, 0.4) is 0 Å². The molecule has 148 valence electrons. The lowest BCUT2D eigenvalue weighted by Crippen LogP contribution is -2.27. The maximum Gasteiger partial charge on any atom is 0.239 e. The van der Waals surface area contributed by atoms with Crippen LogP contribution in [0.5, 0.6) is 0 Å². The molecular weight excluding hydrogens is 378 g/mol. The normalized spacial score (nSPS) is 17.5. The number of hydrazone groups is 1. The largest absolute Gasteiger partial charge is 0.360 e. The molecule has 0 saturated heterocycles. The van der Waals surface area contributed by atoms with Crippen molar-refractivity contribution in [2.24, 2.45) is 5.10 Å². The average molecular weight is 397 g/mol. The molecule has 1 amide bonds. The lowest BCUT2D eigenvalue weighted by Gasteiger charge is -2.25. The van der Waals surface area contributed by atoms with Crippen LogP contribution < -0.4 is 4.90 Å². The molecule has 2 aliphatic rings. The van der Waals surface area contributed by atoms with Gasteiger partial charge in [-0.1, -0.05) is 17.3 Å². The topological polar surface area (TPSA) is 85.7 Å². The van der Waals surface area contributed by atoms with E-state index in [1.165, 1.54) is 0 Å². The second kappa shape index (κ2) is 6.85. The van der Waals surface area contributed by atoms with Crippen LogP contribution in [0.2, 0.25) is 0 Å². The fraction of sp³-hybridized carbons (Fsp3) is 0.217. The molecule has 0 aliphatic carbocycles. The number of nitrogens with zero attached hydrogens (tertiary/aromatic N) is 5. The van der Waals surface area contributed by atoms with Crippen LogP contribution in [0.4, 0.5) is 11.4 Å². The Bertz CT molecular complexity index is 1220. The third-order valence-corrected chi connectivity index (χ3v) is 5.61. The van der Waals surface area contributed by atoms with Gasteiger partial charge in [0.25, 0.3) is 0 Å². The third kappa shape index (κ3) is 2.85. The van der Waals surface area contributed by atoms with Gasteiger partial charge < -0.3 is 4.52 Å². The summed E-state index contributed by atoms with van der Waals surface area (Å²) in [5.41, 5.74) is 5.68. The molecule has 3 aromatic rings. The Hall–Kier alpha value is -3.92. The summed E-state index contributed by atoms with van der Waals surface area (Å²) in [7, 11) is 1.94. The predicted octanol–water partition coefficient (Wildman–Crippen LogP) is 3.76. The minimum atomic E-state index is -0.106. The van der Waals surface area contributed by atoms with Crippen molar-refractivity contribution in [2.45, 2.75) is 19.3 Å². The molecule has 2 aromatic carbocycles. The van der Waals surface area contributed by atoms with Gasteiger partial charge in [-0.3, -0.25) is 14.7 Å². The number of rotatable bonds is 2. The number of aromatic nitrogens is 1. The van der Waals surface area contributed by atoms with E-state index < -0.39 is 0 Å². The van der Waals surface area contributed by atoms with Crippen molar-refractivity contribution in [3.05, 3.63) is 65.0 Å². The van der Waals surface area contributed by atoms with Gasteiger partial charge >= 0.3 is 0 Å². The first-order chi connectivity index (χ1) is 14.5. The molecule has 0 spiro atoms. The van der Waals surface area contributed by atoms with E-state index in [2.05, 4.69) is 28.5 Å². The maximum absolute atomic E-state index is 13.3. The summed E-state index contributed by atoms with van der Waals surface area (Å²) in [6.07, 6.45) is 2.05. The van der Waals surface area contributed by atoms with Gasteiger partial charge in [-0.05, 0) is 42.8 Å². The zero-order valence-corrected chi connectivity index (χ0v) is 16.7. The molecule has 3 heterocycles. The molecule has 0 radical (unpaired) electrons. The third-order valence-electron chi connectivity index (χ3n) is 5.61. The van der Waals surface area contributed by atoms with Crippen molar-refractivity contribution < 1.29 is 9.32 Å². The van der Waals surface area contributed by atoms with E-state index in [0.717, 1.165) is 34.6 Å². The van der Waals surface area contributed by atoms with E-state index in [4.69, 9.17) is 9.78 Å². The van der Waals surface area contributed by atoms with Crippen LogP contribution in [-0.4, -0.2) is 35.9 Å². The number of benzene rings is 2. The van der Waals surface area contributed by atoms with Gasteiger partial charge in [0, 0.05) is 37.0 Å². The van der Waals surface area contributed by atoms with E-state index in [9.17, 15) is 4.79 Å². The Morgan fingerprint density at radius 1 is 1.20 bits per heavy atom. The molecule has 5 rings (SSSR count). The highest BCUT2D eigenvalue weighted by Gasteiger charge is 2.32. The van der Waals surface area contributed by atoms with Crippen LogP contribution in [0.1, 0.15) is 28.5 Å². The van der Waals surface area contributed by atoms with E-state index >= 15 is 0 Å². The van der Waals surface area contributed by atoms with Gasteiger partial charge in [0.15, 0.2) is 5.76 Å². The van der Waals surface area contributed by atoms with Crippen LogP contribution >= 0.6 is 0 Å². The number of carbonyl (C=O) groups is 1. The number of anilines is 2. The summed E-state index contributed by atoms with van der Waals surface area (Å²) < 4.78 is 5.49. The summed E-state index contributed by atoms with van der Waals surface area (Å²) in [4.78, 5) is 15.0. The number of carbonyl (C=O) groups excluding carboxylic acids is 1. The van der Waals surface area contributed by atoms with Gasteiger partial charge in [-0.15, -0.1) is 0 Å². The Morgan fingerprint density at radius 3 is 2.70 bits per heavy atom. The first-order valence-electron chi connectivity index (χ1n) is 9.73. The van der Waals surface area contributed by atoms with Crippen molar-refractivity contribution in [3.63, 3.8) is 0 Å². The Morgan fingerprint density at radius 2 is 2.00 bits per heavy atom. The molecule has 0 bridgehead atoms. The van der Waals surface area contributed by atoms with Crippen molar-refractivity contribution >= 4 is 23.5 Å². The van der Waals surface area contributed by atoms with Gasteiger partial charge in [-0.2, -0.15) is 10.4 Å². The number of fused-ring (bicyclic) bond motifs is 3. The van der Waals surface area contributed by atoms with E-state index in [1.807, 2.05) is 31.3 Å². The first kappa shape index (κ1) is 18.1. The molecule has 7 nitrogen and oxygen atoms in total. The fourth-order valence-electron chi connectivity index (χ4n) is 4.14. The predicted molar refractivity (Wildman–Crippen MR) is 113 cm³/mol. The number of aryl methyl sites for hydroxylation is 1. The molecule has 7 heteroatoms. The number of hydrogen-bond acceptors (Lipinski definition) is 6. The zero-order chi connectivity index (χ0) is 20.8. The Kier molecular flexibility index (Phi) is 4.14. The van der Waals surface area contributed by atoms with Crippen molar-refractivity contribution in [1.29, 1.82) is 5.26 Å². The number of hydrogen-bond donors (Lipinski definition) is 0. The zero-order valence-electron chi connectivity index (χ0n) is 16.7. The summed E-state index contributed by atoms with van der Waals surface area (Å²) in [5.74, 6) is 0.625. The number of amides is 1. The molecule has 0 N–H and O–H groups in total. The molecule has 1 unspecified atom stereocenters. The van der Waals surface area contributed by atoms with Crippen LogP contribution in [0, 0.1) is 18.3 Å². The van der Waals surface area contributed by atoms with Crippen molar-refractivity contribution in [2.75, 3.05) is 18.5 Å². The first-order valence-corrected chi connectivity index (χ1v) is 9.73. The van der Waals surface area contributed by atoms with Gasteiger partial charge in [-0.25, -0.2) is 0 Å². The summed E-state index contributed by atoms with van der Waals surface area (Å²) in [6, 6.07) is 15.3. The fourth-order valence-corrected chi connectivity index (χ4v) is 4.14. The second-order valence-corrected chi connectivity index (χ2v) is 7.62. The molecule has 0 saturated carbocycles. The SMILES string of the molecule is Cc1noc2c1-c1ccc(C3C=NN(C)C3)cc1N(c1ccc(C#N)cc1)C(=O)C2. The summed E-state index contributed by atoms with van der Waals surface area (Å²) in [6.45, 7) is 2.68. The molecule has 1 atom stereocenters. The smallest absolute Gasteiger partial charge is 0.239 e. The molecule has 30 heavy (non-hydrogen) atoms. The second-order valence-electron chi connectivity index (χ2n) is 7.62. The monoisotopic (exact) mass is 397 g/mol. The van der Waals surface area contributed by atoms with Crippen molar-refractivity contribution in [3.8, 4) is 17.2 Å². The molecule has 1 aromatic heterocycles. The molecule has 0 fully saturated rings. The van der Waals surface area contributed by atoms with Crippen LogP contribution in [-0.2, 0) is 11.2 Å². The lowest BCUT2D eigenvalue weighted by atomic mass is 9.94. The Labute approximate surface area is 173 Å². The van der Waals surface area contributed by atoms with E-state index in [1.54, 1.807) is 29.2 Å². The van der Waals surface area contributed by atoms with Crippen molar-refractivity contribution in [1.82, 2.24) is 10.2 Å². The highest BCUT2D eigenvalue weighted by molar-refractivity contribution is 6.07. The van der Waals surface area contributed by atoms with E-state index in [0.29, 0.717) is 17.0 Å². The number of likely N-dealkylation sites (N-methyl/N-ethyl adjacent to an activating group) is 1. The summed E-state index contributed by atoms with van der Waals surface area (Å²) in [5, 5.41) is 19.5. The van der Waals surface area contributed by atoms with Crippen LogP contribution in [0.25, 0.3) is 11.1 Å². The maximum atomic E-state index is 13.3. The molecule has 2 aliphatic heterocycles. The standard InChI is InChI=1S/C23H19N5O2/c1-14-23-19-8-5-16(17-12-25-27(2)13-17)9-20(19)28(22(29)10-21(23)30-26-14)18-6-3-15(11-24)4-7-18/h3-9,12,17H,10,13H2,1-2H3. The van der Waals surface area contributed by atoms with Crippen LogP contribution in [0.15, 0.2) is 52.1 Å². The quantitative estimate of drug-likeness (QED) is 0.657. The minimum Gasteiger partial charge on any atom is -0.360 e. The number of nitriles is 1. The minimum absolute atomic E-state index is 0.106. The van der Waals surface area contributed by atoms with Gasteiger partial charge in [0.1, 0.15) is 0 Å². The Balaban J connectivity index is 1.70. The molecular formula is C23H19N5O2. The lowest BCUT2D eigenvalue weighted by molar-refractivity contribution is -0.117. The summed E-state index contributed by atoms with van der Waals surface area (Å²) >= 11 is 0. The van der Waals surface area contributed by atoms with Gasteiger partial charge in [0.05, 0.1) is 35.0 Å². The average Bonchev–Trinajstić information content (AvgIpc) is 3.31. The highest BCUT2D eigenvalue weighted by Crippen LogP contribution is 2.43.